The minimum Gasteiger partial charge on any atom is -0.338 e. The second kappa shape index (κ2) is 8.55. The standard InChI is InChI=1S/C20H27N5O2S/c26-28(27,17-7-2-1-3-8-17)23-18-9-4-5-10-19(18)24-13-15-25(16-14-24)20-21-11-6-12-22-20/h1-3,6-8,11-12,18-19,23H,4-5,9-10,13-16H2/t18-,19+/m1/s1. The summed E-state index contributed by atoms with van der Waals surface area (Å²) < 4.78 is 28.6. The van der Waals surface area contributed by atoms with Crippen molar-refractivity contribution >= 4 is 16.0 Å². The van der Waals surface area contributed by atoms with Crippen LogP contribution < -0.4 is 9.62 Å². The number of aromatic nitrogens is 2. The van der Waals surface area contributed by atoms with Crippen molar-refractivity contribution in [1.82, 2.24) is 19.6 Å². The van der Waals surface area contributed by atoms with Crippen molar-refractivity contribution in [2.75, 3.05) is 31.1 Å². The number of nitrogens with zero attached hydrogens (tertiary/aromatic N) is 4. The van der Waals surface area contributed by atoms with Crippen LogP contribution in [0.15, 0.2) is 53.7 Å². The van der Waals surface area contributed by atoms with Crippen LogP contribution in [-0.4, -0.2) is 61.5 Å². The Labute approximate surface area is 166 Å². The minimum atomic E-state index is -3.49. The van der Waals surface area contributed by atoms with E-state index in [1.807, 2.05) is 12.1 Å². The van der Waals surface area contributed by atoms with Crippen LogP contribution in [0.4, 0.5) is 5.95 Å². The lowest BCUT2D eigenvalue weighted by atomic mass is 9.89. The first-order valence-corrected chi connectivity index (χ1v) is 11.5. The van der Waals surface area contributed by atoms with Gasteiger partial charge in [-0.15, -0.1) is 0 Å². The van der Waals surface area contributed by atoms with E-state index in [0.717, 1.165) is 57.8 Å². The van der Waals surface area contributed by atoms with Crippen molar-refractivity contribution in [2.45, 2.75) is 42.7 Å². The van der Waals surface area contributed by atoms with Gasteiger partial charge in [-0.3, -0.25) is 4.90 Å². The van der Waals surface area contributed by atoms with Crippen LogP contribution in [0.5, 0.6) is 0 Å². The number of sulfonamides is 1. The molecule has 2 heterocycles. The number of nitrogens with one attached hydrogen (secondary N) is 1. The maximum atomic E-state index is 12.8. The van der Waals surface area contributed by atoms with Crippen molar-refractivity contribution in [3.63, 3.8) is 0 Å². The molecule has 1 aliphatic carbocycles. The Bertz CT molecular complexity index is 855. The zero-order valence-corrected chi connectivity index (χ0v) is 16.8. The lowest BCUT2D eigenvalue weighted by Gasteiger charge is -2.44. The fraction of sp³-hybridized carbons (Fsp3) is 0.500. The number of hydrogen-bond acceptors (Lipinski definition) is 6. The molecule has 1 saturated heterocycles. The Morgan fingerprint density at radius 2 is 1.57 bits per heavy atom. The Morgan fingerprint density at radius 1 is 0.893 bits per heavy atom. The molecule has 1 aromatic carbocycles. The average molecular weight is 402 g/mol. The van der Waals surface area contributed by atoms with Crippen molar-refractivity contribution in [3.8, 4) is 0 Å². The first-order valence-electron chi connectivity index (χ1n) is 9.97. The number of anilines is 1. The highest BCUT2D eigenvalue weighted by atomic mass is 32.2. The van der Waals surface area contributed by atoms with E-state index in [9.17, 15) is 8.42 Å². The van der Waals surface area contributed by atoms with Gasteiger partial charge in [0.1, 0.15) is 0 Å². The molecule has 2 fully saturated rings. The van der Waals surface area contributed by atoms with E-state index in [4.69, 9.17) is 0 Å². The highest BCUT2D eigenvalue weighted by molar-refractivity contribution is 7.89. The summed E-state index contributed by atoms with van der Waals surface area (Å²) in [5, 5.41) is 0. The van der Waals surface area contributed by atoms with Crippen LogP contribution in [0.25, 0.3) is 0 Å². The van der Waals surface area contributed by atoms with Gasteiger partial charge in [-0.05, 0) is 31.0 Å². The third-order valence-electron chi connectivity index (χ3n) is 5.71. The lowest BCUT2D eigenvalue weighted by molar-refractivity contribution is 0.123. The first kappa shape index (κ1) is 19.3. The molecule has 1 N–H and O–H groups in total. The van der Waals surface area contributed by atoms with Gasteiger partial charge in [-0.25, -0.2) is 23.1 Å². The van der Waals surface area contributed by atoms with Crippen LogP contribution in [0, 0.1) is 0 Å². The van der Waals surface area contributed by atoms with E-state index in [-0.39, 0.29) is 12.1 Å². The van der Waals surface area contributed by atoms with Crippen molar-refractivity contribution < 1.29 is 8.42 Å². The molecule has 7 nitrogen and oxygen atoms in total. The molecule has 8 heteroatoms. The van der Waals surface area contributed by atoms with Crippen molar-refractivity contribution in [3.05, 3.63) is 48.8 Å². The molecule has 1 saturated carbocycles. The summed E-state index contributed by atoms with van der Waals surface area (Å²) in [5.74, 6) is 0.770. The van der Waals surface area contributed by atoms with Crippen molar-refractivity contribution in [1.29, 1.82) is 0 Å². The van der Waals surface area contributed by atoms with Gasteiger partial charge in [-0.1, -0.05) is 31.0 Å². The zero-order chi connectivity index (χ0) is 19.4. The third-order valence-corrected chi connectivity index (χ3v) is 7.21. The fourth-order valence-electron chi connectivity index (χ4n) is 4.26. The highest BCUT2D eigenvalue weighted by Crippen LogP contribution is 2.26. The molecule has 0 bridgehead atoms. The predicted molar refractivity (Wildman–Crippen MR) is 109 cm³/mol. The van der Waals surface area contributed by atoms with Gasteiger partial charge in [0.2, 0.25) is 16.0 Å². The molecular formula is C20H27N5O2S. The zero-order valence-electron chi connectivity index (χ0n) is 15.9. The second-order valence-electron chi connectivity index (χ2n) is 7.46. The number of piperazine rings is 1. The Kier molecular flexibility index (Phi) is 5.89. The van der Waals surface area contributed by atoms with Crippen molar-refractivity contribution in [2.24, 2.45) is 0 Å². The second-order valence-corrected chi connectivity index (χ2v) is 9.18. The summed E-state index contributed by atoms with van der Waals surface area (Å²) >= 11 is 0. The fourth-order valence-corrected chi connectivity index (χ4v) is 5.59. The monoisotopic (exact) mass is 401 g/mol. The summed E-state index contributed by atoms with van der Waals surface area (Å²) in [6.45, 7) is 3.51. The van der Waals surface area contributed by atoms with Gasteiger partial charge < -0.3 is 4.90 Å². The van der Waals surface area contributed by atoms with E-state index < -0.39 is 10.0 Å². The summed E-state index contributed by atoms with van der Waals surface area (Å²) in [4.78, 5) is 13.7. The van der Waals surface area contributed by atoms with Crippen LogP contribution in [0.3, 0.4) is 0 Å². The van der Waals surface area contributed by atoms with E-state index in [1.54, 1.807) is 36.7 Å². The molecule has 0 radical (unpaired) electrons. The van der Waals surface area contributed by atoms with Gasteiger partial charge in [0, 0.05) is 50.7 Å². The summed E-state index contributed by atoms with van der Waals surface area (Å²) in [7, 11) is -3.49. The normalized spacial score (nSPS) is 24.2. The van der Waals surface area contributed by atoms with Crippen LogP contribution >= 0.6 is 0 Å². The number of rotatable bonds is 5. The quantitative estimate of drug-likeness (QED) is 0.824. The maximum absolute atomic E-state index is 12.8. The molecular weight excluding hydrogens is 374 g/mol. The van der Waals surface area contributed by atoms with Gasteiger partial charge >= 0.3 is 0 Å². The molecule has 150 valence electrons. The molecule has 1 aliphatic heterocycles. The topological polar surface area (TPSA) is 78.4 Å². The highest BCUT2D eigenvalue weighted by Gasteiger charge is 2.34. The van der Waals surface area contributed by atoms with E-state index >= 15 is 0 Å². The Balaban J connectivity index is 1.42. The molecule has 0 spiro atoms. The third kappa shape index (κ3) is 4.34. The Morgan fingerprint density at radius 3 is 2.29 bits per heavy atom. The van der Waals surface area contributed by atoms with Gasteiger partial charge in [0.05, 0.1) is 4.90 Å². The SMILES string of the molecule is O=S(=O)(N[C@@H]1CCCC[C@@H]1N1CCN(c2ncccn2)CC1)c1ccccc1. The molecule has 2 aromatic rings. The predicted octanol–water partition coefficient (Wildman–Crippen LogP) is 1.89. The first-order chi connectivity index (χ1) is 13.6. The van der Waals surface area contributed by atoms with Gasteiger partial charge in [0.25, 0.3) is 0 Å². The van der Waals surface area contributed by atoms with Crippen LogP contribution in [0.1, 0.15) is 25.7 Å². The van der Waals surface area contributed by atoms with Crippen LogP contribution in [0.2, 0.25) is 0 Å². The van der Waals surface area contributed by atoms with E-state index in [1.165, 1.54) is 0 Å². The lowest BCUT2D eigenvalue weighted by Crippen LogP contribution is -2.58. The largest absolute Gasteiger partial charge is 0.338 e. The molecule has 2 aliphatic rings. The molecule has 28 heavy (non-hydrogen) atoms. The summed E-state index contributed by atoms with van der Waals surface area (Å²) in [6.07, 6.45) is 7.67. The molecule has 1 aromatic heterocycles. The van der Waals surface area contributed by atoms with E-state index in [0.29, 0.717) is 4.90 Å². The maximum Gasteiger partial charge on any atom is 0.240 e. The molecule has 2 atom stereocenters. The minimum absolute atomic E-state index is 0.0431. The summed E-state index contributed by atoms with van der Waals surface area (Å²) in [5.41, 5.74) is 0. The smallest absolute Gasteiger partial charge is 0.240 e. The number of hydrogen-bond donors (Lipinski definition) is 1. The number of benzene rings is 1. The average Bonchev–Trinajstić information content (AvgIpc) is 2.75. The molecule has 0 amide bonds. The van der Waals surface area contributed by atoms with E-state index in [2.05, 4.69) is 24.5 Å². The Hall–Kier alpha value is -2.03. The molecule has 0 unspecified atom stereocenters. The molecule has 4 rings (SSSR count). The summed E-state index contributed by atoms with van der Waals surface area (Å²) in [6, 6.07) is 10.7. The van der Waals surface area contributed by atoms with Crippen LogP contribution in [-0.2, 0) is 10.0 Å². The van der Waals surface area contributed by atoms with Gasteiger partial charge in [0.15, 0.2) is 0 Å². The van der Waals surface area contributed by atoms with Gasteiger partial charge in [-0.2, -0.15) is 0 Å².